The average molecular weight is 297 g/mol. The molecule has 5 heteroatoms. The van der Waals surface area contributed by atoms with Crippen LogP contribution in [0.1, 0.15) is 52.4 Å². The van der Waals surface area contributed by atoms with Crippen LogP contribution in [0, 0.1) is 0 Å². The number of likely N-dealkylation sites (tertiary alicyclic amines) is 1. The first-order valence-corrected chi connectivity index (χ1v) is 8.60. The van der Waals surface area contributed by atoms with E-state index in [1.807, 2.05) is 11.8 Å². The minimum Gasteiger partial charge on any atom is -0.450 e. The number of rotatable bonds is 5. The van der Waals surface area contributed by atoms with Crippen molar-refractivity contribution < 1.29 is 9.53 Å². The Bertz CT molecular complexity index is 311. The predicted octanol–water partition coefficient (Wildman–Crippen LogP) is 2.12. The van der Waals surface area contributed by atoms with Gasteiger partial charge in [-0.15, -0.1) is 0 Å². The van der Waals surface area contributed by atoms with Crippen LogP contribution in [0.4, 0.5) is 4.79 Å². The Morgan fingerprint density at radius 2 is 2.10 bits per heavy atom. The molecule has 0 aromatic carbocycles. The van der Waals surface area contributed by atoms with Crippen molar-refractivity contribution in [2.45, 2.75) is 70.5 Å². The van der Waals surface area contributed by atoms with Gasteiger partial charge in [0.1, 0.15) is 0 Å². The molecule has 2 saturated heterocycles. The topological polar surface area (TPSA) is 53.6 Å². The molecule has 2 aliphatic rings. The van der Waals surface area contributed by atoms with Gasteiger partial charge in [-0.1, -0.05) is 6.42 Å². The molecular weight excluding hydrogens is 266 g/mol. The molecule has 0 aromatic heterocycles. The zero-order valence-corrected chi connectivity index (χ0v) is 13.6. The first kappa shape index (κ1) is 16.6. The summed E-state index contributed by atoms with van der Waals surface area (Å²) in [4.78, 5) is 13.5. The van der Waals surface area contributed by atoms with E-state index in [0.29, 0.717) is 24.7 Å². The molecule has 5 nitrogen and oxygen atoms in total. The summed E-state index contributed by atoms with van der Waals surface area (Å²) in [6, 6.07) is 1.76. The van der Waals surface area contributed by atoms with Gasteiger partial charge in [-0.2, -0.15) is 0 Å². The molecule has 0 bridgehead atoms. The number of piperidine rings is 2. The summed E-state index contributed by atoms with van der Waals surface area (Å²) >= 11 is 0. The van der Waals surface area contributed by atoms with Gasteiger partial charge in [0, 0.05) is 31.2 Å². The fraction of sp³-hybridized carbons (Fsp3) is 0.938. The zero-order valence-electron chi connectivity index (χ0n) is 13.6. The zero-order chi connectivity index (χ0) is 15.1. The van der Waals surface area contributed by atoms with E-state index in [1.165, 1.54) is 32.2 Å². The van der Waals surface area contributed by atoms with Gasteiger partial charge in [0.25, 0.3) is 0 Å². The van der Waals surface area contributed by atoms with Gasteiger partial charge in [0.05, 0.1) is 6.61 Å². The Morgan fingerprint density at radius 3 is 2.71 bits per heavy atom. The largest absolute Gasteiger partial charge is 0.450 e. The maximum absolute atomic E-state index is 11.7. The Labute approximate surface area is 128 Å². The Hall–Kier alpha value is -0.810. The van der Waals surface area contributed by atoms with Crippen molar-refractivity contribution in [3.63, 3.8) is 0 Å². The number of carbonyl (C=O) groups is 1. The van der Waals surface area contributed by atoms with Crippen LogP contribution in [0.3, 0.4) is 0 Å². The predicted molar refractivity (Wildman–Crippen MR) is 84.5 cm³/mol. The highest BCUT2D eigenvalue weighted by molar-refractivity contribution is 5.67. The fourth-order valence-corrected chi connectivity index (χ4v) is 3.47. The second-order valence-electron chi connectivity index (χ2n) is 6.41. The van der Waals surface area contributed by atoms with Crippen LogP contribution >= 0.6 is 0 Å². The molecule has 2 N–H and O–H groups in total. The van der Waals surface area contributed by atoms with Crippen LogP contribution < -0.4 is 10.6 Å². The van der Waals surface area contributed by atoms with Gasteiger partial charge in [0.2, 0.25) is 0 Å². The Morgan fingerprint density at radius 1 is 1.33 bits per heavy atom. The molecule has 0 spiro atoms. The van der Waals surface area contributed by atoms with E-state index < -0.39 is 0 Å². The fourth-order valence-electron chi connectivity index (χ4n) is 3.47. The molecular formula is C16H31N3O2. The number of amides is 1. The SMILES string of the molecule is CCOC(=O)N1CCC(NC(C)CC2CCCCN2)CC1. The van der Waals surface area contributed by atoms with Crippen LogP contribution in [-0.2, 0) is 4.74 Å². The molecule has 2 atom stereocenters. The van der Waals surface area contributed by atoms with Gasteiger partial charge in [-0.3, -0.25) is 0 Å². The van der Waals surface area contributed by atoms with Gasteiger partial charge in [-0.05, 0) is 52.5 Å². The van der Waals surface area contributed by atoms with Crippen LogP contribution in [0.5, 0.6) is 0 Å². The highest BCUT2D eigenvalue weighted by Gasteiger charge is 2.25. The highest BCUT2D eigenvalue weighted by atomic mass is 16.6. The Kier molecular flexibility index (Phi) is 6.77. The molecule has 21 heavy (non-hydrogen) atoms. The first-order chi connectivity index (χ1) is 10.2. The Balaban J connectivity index is 1.64. The summed E-state index contributed by atoms with van der Waals surface area (Å²) in [5.41, 5.74) is 0. The molecule has 2 fully saturated rings. The minimum atomic E-state index is -0.157. The average Bonchev–Trinajstić information content (AvgIpc) is 2.49. The summed E-state index contributed by atoms with van der Waals surface area (Å²) in [5.74, 6) is 0. The monoisotopic (exact) mass is 297 g/mol. The molecule has 0 radical (unpaired) electrons. The normalized spacial score (nSPS) is 25.6. The number of carbonyl (C=O) groups excluding carboxylic acids is 1. The lowest BCUT2D eigenvalue weighted by Crippen LogP contribution is -2.48. The van der Waals surface area contributed by atoms with Gasteiger partial charge < -0.3 is 20.3 Å². The van der Waals surface area contributed by atoms with Crippen molar-refractivity contribution in [3.8, 4) is 0 Å². The van der Waals surface area contributed by atoms with E-state index in [2.05, 4.69) is 17.6 Å². The number of ether oxygens (including phenoxy) is 1. The van der Waals surface area contributed by atoms with Crippen LogP contribution in [0.2, 0.25) is 0 Å². The highest BCUT2D eigenvalue weighted by Crippen LogP contribution is 2.15. The molecule has 2 aliphatic heterocycles. The smallest absolute Gasteiger partial charge is 0.409 e. The number of hydrogen-bond acceptors (Lipinski definition) is 4. The van der Waals surface area contributed by atoms with Gasteiger partial charge in [0.15, 0.2) is 0 Å². The first-order valence-electron chi connectivity index (χ1n) is 8.60. The number of nitrogens with one attached hydrogen (secondary N) is 2. The van der Waals surface area contributed by atoms with Crippen LogP contribution in [0.15, 0.2) is 0 Å². The quantitative estimate of drug-likeness (QED) is 0.816. The van der Waals surface area contributed by atoms with E-state index >= 15 is 0 Å². The molecule has 1 amide bonds. The lowest BCUT2D eigenvalue weighted by atomic mass is 9.97. The lowest BCUT2D eigenvalue weighted by molar-refractivity contribution is 0.0941. The molecule has 0 saturated carbocycles. The molecule has 2 unspecified atom stereocenters. The summed E-state index contributed by atoms with van der Waals surface area (Å²) in [5, 5.41) is 7.35. The summed E-state index contributed by atoms with van der Waals surface area (Å²) in [6.45, 7) is 7.40. The molecule has 2 rings (SSSR count). The summed E-state index contributed by atoms with van der Waals surface area (Å²) in [6.07, 6.45) is 7.11. The van der Waals surface area contributed by atoms with E-state index in [1.54, 1.807) is 0 Å². The second-order valence-corrected chi connectivity index (χ2v) is 6.41. The van der Waals surface area contributed by atoms with E-state index in [-0.39, 0.29) is 6.09 Å². The van der Waals surface area contributed by atoms with Crippen LogP contribution in [0.25, 0.3) is 0 Å². The van der Waals surface area contributed by atoms with Crippen molar-refractivity contribution in [3.05, 3.63) is 0 Å². The van der Waals surface area contributed by atoms with Crippen molar-refractivity contribution in [1.82, 2.24) is 15.5 Å². The third kappa shape index (κ3) is 5.47. The standard InChI is InChI=1S/C16H31N3O2/c1-3-21-16(20)19-10-7-14(8-11-19)18-13(2)12-15-6-4-5-9-17-15/h13-15,17-18H,3-12H2,1-2H3. The van der Waals surface area contributed by atoms with Gasteiger partial charge in [-0.25, -0.2) is 4.79 Å². The molecule has 0 aliphatic carbocycles. The van der Waals surface area contributed by atoms with Crippen molar-refractivity contribution in [2.75, 3.05) is 26.2 Å². The molecule has 122 valence electrons. The maximum atomic E-state index is 11.7. The van der Waals surface area contributed by atoms with E-state index in [9.17, 15) is 4.79 Å². The third-order valence-corrected chi connectivity index (χ3v) is 4.59. The second kappa shape index (κ2) is 8.59. The summed E-state index contributed by atoms with van der Waals surface area (Å²) in [7, 11) is 0. The van der Waals surface area contributed by atoms with Crippen molar-refractivity contribution in [1.29, 1.82) is 0 Å². The summed E-state index contributed by atoms with van der Waals surface area (Å²) < 4.78 is 5.06. The van der Waals surface area contributed by atoms with Crippen molar-refractivity contribution >= 4 is 6.09 Å². The lowest BCUT2D eigenvalue weighted by Gasteiger charge is -2.34. The van der Waals surface area contributed by atoms with E-state index in [4.69, 9.17) is 4.74 Å². The van der Waals surface area contributed by atoms with E-state index in [0.717, 1.165) is 25.9 Å². The van der Waals surface area contributed by atoms with Gasteiger partial charge >= 0.3 is 6.09 Å². The molecule has 2 heterocycles. The number of nitrogens with zero attached hydrogens (tertiary/aromatic N) is 1. The molecule has 0 aromatic rings. The van der Waals surface area contributed by atoms with Crippen molar-refractivity contribution in [2.24, 2.45) is 0 Å². The number of hydrogen-bond donors (Lipinski definition) is 2. The van der Waals surface area contributed by atoms with Crippen LogP contribution in [-0.4, -0.2) is 55.4 Å². The minimum absolute atomic E-state index is 0.157. The maximum Gasteiger partial charge on any atom is 0.409 e. The third-order valence-electron chi connectivity index (χ3n) is 4.59.